The third-order valence-corrected chi connectivity index (χ3v) is 1.57. The first-order valence-electron chi connectivity index (χ1n) is 3.73. The van der Waals surface area contributed by atoms with Gasteiger partial charge in [-0.25, -0.2) is 0 Å². The van der Waals surface area contributed by atoms with E-state index >= 15 is 0 Å². The summed E-state index contributed by atoms with van der Waals surface area (Å²) in [5.74, 6) is 0. The molecule has 0 fully saturated rings. The number of hydrogen-bond acceptors (Lipinski definition) is 1. The van der Waals surface area contributed by atoms with Crippen LogP contribution in [0.5, 0.6) is 0 Å². The van der Waals surface area contributed by atoms with Crippen molar-refractivity contribution in [3.63, 3.8) is 0 Å². The zero-order valence-corrected chi connectivity index (χ0v) is 9.07. The van der Waals surface area contributed by atoms with Crippen LogP contribution in [0.25, 0.3) is 10.8 Å². The Morgan fingerprint density at radius 2 is 1.62 bits per heavy atom. The van der Waals surface area contributed by atoms with Crippen LogP contribution in [0.15, 0.2) is 42.5 Å². The molecule has 0 bridgehead atoms. The molecule has 0 aliphatic heterocycles. The van der Waals surface area contributed by atoms with Crippen molar-refractivity contribution in [3.8, 4) is 0 Å². The maximum Gasteiger partial charge on any atom is 2.00 e. The summed E-state index contributed by atoms with van der Waals surface area (Å²) in [5, 5.41) is 10.7. The molecule has 0 saturated carbocycles. The van der Waals surface area contributed by atoms with Crippen molar-refractivity contribution in [2.75, 3.05) is 7.11 Å². The Morgan fingerprint density at radius 3 is 2.31 bits per heavy atom. The Hall–Kier alpha value is -0.574. The minimum Gasteiger partial charge on any atom is -0.857 e. The molecule has 0 aliphatic rings. The van der Waals surface area contributed by atoms with Crippen molar-refractivity contribution in [3.05, 3.63) is 48.5 Å². The standard InChI is InChI=1S/C10H7.CH3O.Mg/c1-2-6-10-8-4-3-7-9(10)5-1;1-2;/h1-7H;1H3;/q2*-1;+2. The van der Waals surface area contributed by atoms with E-state index in [0.29, 0.717) is 0 Å². The van der Waals surface area contributed by atoms with Gasteiger partial charge >= 0.3 is 23.1 Å². The number of hydrogen-bond donors (Lipinski definition) is 0. The fraction of sp³-hybridized carbons (Fsp3) is 0.0909. The molecule has 1 nitrogen and oxygen atoms in total. The average Bonchev–Trinajstić information content (AvgIpc) is 2.21. The van der Waals surface area contributed by atoms with Crippen LogP contribution in [0, 0.1) is 6.07 Å². The van der Waals surface area contributed by atoms with Crippen LogP contribution < -0.4 is 5.11 Å². The van der Waals surface area contributed by atoms with Gasteiger partial charge in [0.25, 0.3) is 0 Å². The van der Waals surface area contributed by atoms with E-state index < -0.39 is 0 Å². The van der Waals surface area contributed by atoms with Crippen LogP contribution in [0.2, 0.25) is 0 Å². The van der Waals surface area contributed by atoms with E-state index in [0.717, 1.165) is 7.11 Å². The predicted octanol–water partition coefficient (Wildman–Crippen LogP) is 1.24. The summed E-state index contributed by atoms with van der Waals surface area (Å²) in [6, 6.07) is 17.4. The van der Waals surface area contributed by atoms with E-state index in [1.807, 2.05) is 24.3 Å². The van der Waals surface area contributed by atoms with E-state index in [4.69, 9.17) is 5.11 Å². The second kappa shape index (κ2) is 6.89. The normalized spacial score (nSPS) is 8.15. The molecule has 2 aromatic rings. The number of rotatable bonds is 0. The van der Waals surface area contributed by atoms with Gasteiger partial charge in [-0.1, -0.05) is 12.1 Å². The smallest absolute Gasteiger partial charge is 0.857 e. The molecule has 0 unspecified atom stereocenters. The van der Waals surface area contributed by atoms with Crippen molar-refractivity contribution in [1.29, 1.82) is 0 Å². The predicted molar refractivity (Wildman–Crippen MR) is 54.5 cm³/mol. The van der Waals surface area contributed by atoms with E-state index in [2.05, 4.69) is 24.3 Å². The van der Waals surface area contributed by atoms with Crippen LogP contribution in [0.1, 0.15) is 0 Å². The van der Waals surface area contributed by atoms with E-state index in [-0.39, 0.29) is 23.1 Å². The zero-order chi connectivity index (χ0) is 8.81. The van der Waals surface area contributed by atoms with Crippen molar-refractivity contribution in [1.82, 2.24) is 0 Å². The van der Waals surface area contributed by atoms with Crippen molar-refractivity contribution in [2.24, 2.45) is 0 Å². The van der Waals surface area contributed by atoms with Crippen LogP contribution in [0.3, 0.4) is 0 Å². The van der Waals surface area contributed by atoms with E-state index in [1.54, 1.807) is 0 Å². The molecular weight excluding hydrogens is 172 g/mol. The van der Waals surface area contributed by atoms with Crippen LogP contribution in [-0.4, -0.2) is 30.2 Å². The summed E-state index contributed by atoms with van der Waals surface area (Å²) >= 11 is 0. The minimum atomic E-state index is 0. The summed E-state index contributed by atoms with van der Waals surface area (Å²) in [4.78, 5) is 0. The Kier molecular flexibility index (Phi) is 6.59. The Morgan fingerprint density at radius 1 is 1.00 bits per heavy atom. The van der Waals surface area contributed by atoms with E-state index in [1.165, 1.54) is 10.8 Å². The van der Waals surface area contributed by atoms with Gasteiger partial charge in [-0.2, -0.15) is 7.11 Å². The summed E-state index contributed by atoms with van der Waals surface area (Å²) < 4.78 is 0. The molecule has 0 aromatic heterocycles. The maximum atomic E-state index is 8.25. The van der Waals surface area contributed by atoms with Crippen molar-refractivity contribution >= 4 is 33.8 Å². The molecule has 13 heavy (non-hydrogen) atoms. The Balaban J connectivity index is 0.000000451. The second-order valence-corrected chi connectivity index (χ2v) is 2.26. The molecular formula is C11H10MgO. The van der Waals surface area contributed by atoms with Crippen LogP contribution >= 0.6 is 0 Å². The molecule has 2 rings (SSSR count). The van der Waals surface area contributed by atoms with Gasteiger partial charge in [-0.3, -0.25) is 0 Å². The van der Waals surface area contributed by atoms with Gasteiger partial charge in [0.15, 0.2) is 0 Å². The summed E-state index contributed by atoms with van der Waals surface area (Å²) in [7, 11) is 0.750. The summed E-state index contributed by atoms with van der Waals surface area (Å²) in [6.07, 6.45) is 0. The van der Waals surface area contributed by atoms with Gasteiger partial charge < -0.3 is 5.11 Å². The third kappa shape index (κ3) is 3.34. The monoisotopic (exact) mass is 182 g/mol. The first-order chi connectivity index (χ1) is 5.97. The van der Waals surface area contributed by atoms with Crippen LogP contribution in [0.4, 0.5) is 0 Å². The molecule has 0 radical (unpaired) electrons. The fourth-order valence-corrected chi connectivity index (χ4v) is 1.06. The molecule has 2 aromatic carbocycles. The molecule has 0 amide bonds. The SMILES string of the molecule is C[O-].[Mg+2].[c-]1cccc2ccccc12. The van der Waals surface area contributed by atoms with Gasteiger partial charge in [0.05, 0.1) is 0 Å². The van der Waals surface area contributed by atoms with Gasteiger partial charge in [-0.05, 0) is 0 Å². The first kappa shape index (κ1) is 12.4. The maximum absolute atomic E-state index is 8.25. The Bertz CT molecular complexity index is 281. The van der Waals surface area contributed by atoms with Crippen molar-refractivity contribution < 1.29 is 5.11 Å². The zero-order valence-electron chi connectivity index (χ0n) is 7.66. The molecule has 0 spiro atoms. The molecule has 0 aliphatic carbocycles. The molecule has 0 N–H and O–H groups in total. The molecule has 62 valence electrons. The average molecular weight is 183 g/mol. The number of fused-ring (bicyclic) bond motifs is 1. The third-order valence-electron chi connectivity index (χ3n) is 1.57. The molecule has 0 heterocycles. The molecule has 0 saturated heterocycles. The quantitative estimate of drug-likeness (QED) is 0.444. The largest absolute Gasteiger partial charge is 2.00 e. The topological polar surface area (TPSA) is 23.1 Å². The first-order valence-corrected chi connectivity index (χ1v) is 3.73. The Labute approximate surface area is 94.5 Å². The fourth-order valence-electron chi connectivity index (χ4n) is 1.06. The second-order valence-electron chi connectivity index (χ2n) is 2.26. The summed E-state index contributed by atoms with van der Waals surface area (Å²) in [5.41, 5.74) is 0. The van der Waals surface area contributed by atoms with Crippen LogP contribution in [-0.2, 0) is 0 Å². The van der Waals surface area contributed by atoms with Gasteiger partial charge in [-0.15, -0.1) is 47.2 Å². The summed E-state index contributed by atoms with van der Waals surface area (Å²) in [6.45, 7) is 0. The molecule has 0 atom stereocenters. The molecule has 2 heteroatoms. The number of benzene rings is 2. The van der Waals surface area contributed by atoms with Gasteiger partial charge in [0, 0.05) is 0 Å². The van der Waals surface area contributed by atoms with E-state index in [9.17, 15) is 0 Å². The van der Waals surface area contributed by atoms with Gasteiger partial charge in [0.2, 0.25) is 0 Å². The van der Waals surface area contributed by atoms with Crippen molar-refractivity contribution in [2.45, 2.75) is 0 Å². The minimum absolute atomic E-state index is 0. The van der Waals surface area contributed by atoms with Gasteiger partial charge in [0.1, 0.15) is 0 Å².